The number of aromatic carboxylic acids is 1. The Labute approximate surface area is 86.6 Å². The number of carboxylic acid groups (broad SMARTS) is 1. The minimum atomic E-state index is -1.20. The number of phenols is 1. The van der Waals surface area contributed by atoms with E-state index >= 15 is 0 Å². The molecule has 0 aliphatic rings. The van der Waals surface area contributed by atoms with E-state index in [1.165, 1.54) is 24.4 Å². The van der Waals surface area contributed by atoms with Gasteiger partial charge in [0.05, 0.1) is 6.21 Å². The van der Waals surface area contributed by atoms with Crippen LogP contribution in [0.5, 0.6) is 5.75 Å². The number of rotatable bonds is 4. The highest BCUT2D eigenvalue weighted by atomic mass is 16.6. The molecule has 1 rings (SSSR count). The van der Waals surface area contributed by atoms with Crippen molar-refractivity contribution in [1.82, 2.24) is 0 Å². The molecular formula is C10H11NO4. The van der Waals surface area contributed by atoms with Crippen LogP contribution in [0.1, 0.15) is 22.8 Å². The van der Waals surface area contributed by atoms with E-state index in [1.54, 1.807) is 6.92 Å². The summed E-state index contributed by atoms with van der Waals surface area (Å²) in [5, 5.41) is 21.7. The van der Waals surface area contributed by atoms with Crippen LogP contribution in [0.4, 0.5) is 0 Å². The lowest BCUT2D eigenvalue weighted by molar-refractivity contribution is 0.0693. The Morgan fingerprint density at radius 1 is 1.60 bits per heavy atom. The number of benzene rings is 1. The highest BCUT2D eigenvalue weighted by Crippen LogP contribution is 2.19. The molecule has 0 aliphatic carbocycles. The third kappa shape index (κ3) is 2.70. The van der Waals surface area contributed by atoms with Crippen LogP contribution in [0.3, 0.4) is 0 Å². The second-order valence-electron chi connectivity index (χ2n) is 2.70. The predicted octanol–water partition coefficient (Wildman–Crippen LogP) is 1.46. The molecule has 0 aromatic heterocycles. The van der Waals surface area contributed by atoms with Crippen LogP contribution < -0.4 is 0 Å². The first-order chi connectivity index (χ1) is 7.16. The van der Waals surface area contributed by atoms with E-state index < -0.39 is 5.97 Å². The molecule has 80 valence electrons. The summed E-state index contributed by atoms with van der Waals surface area (Å²) in [6, 6.07) is 4.38. The lowest BCUT2D eigenvalue weighted by Gasteiger charge is -2.02. The van der Waals surface area contributed by atoms with Gasteiger partial charge < -0.3 is 15.1 Å². The molecule has 0 aliphatic heterocycles. The third-order valence-corrected chi connectivity index (χ3v) is 1.68. The maximum absolute atomic E-state index is 10.8. The van der Waals surface area contributed by atoms with Crippen molar-refractivity contribution in [1.29, 1.82) is 0 Å². The van der Waals surface area contributed by atoms with Gasteiger partial charge in [0.1, 0.15) is 17.9 Å². The quantitative estimate of drug-likeness (QED) is 0.581. The van der Waals surface area contributed by atoms with Gasteiger partial charge in [-0.2, -0.15) is 0 Å². The van der Waals surface area contributed by atoms with Crippen LogP contribution >= 0.6 is 0 Å². The van der Waals surface area contributed by atoms with Crippen LogP contribution in [0, 0.1) is 0 Å². The maximum Gasteiger partial charge on any atom is 0.340 e. The van der Waals surface area contributed by atoms with E-state index in [4.69, 9.17) is 9.94 Å². The standard InChI is InChI=1S/C10H11NO4/c1-2-15-11-6-7-4-3-5-8(12)9(7)10(13)14/h3-6,12H,2H2,1H3,(H,13,14)/b11-6+. The molecule has 0 amide bonds. The molecule has 0 atom stereocenters. The number of oxime groups is 1. The molecule has 1 aromatic rings. The SMILES string of the molecule is CCO/N=C/c1cccc(O)c1C(=O)O. The molecule has 2 N–H and O–H groups in total. The summed E-state index contributed by atoms with van der Waals surface area (Å²) in [4.78, 5) is 15.5. The molecule has 0 bridgehead atoms. The largest absolute Gasteiger partial charge is 0.507 e. The predicted molar refractivity (Wildman–Crippen MR) is 54.3 cm³/mol. The Bertz CT molecular complexity index is 387. The first kappa shape index (κ1) is 11.0. The van der Waals surface area contributed by atoms with Gasteiger partial charge in [-0.05, 0) is 13.0 Å². The molecule has 5 heteroatoms. The molecule has 1 aromatic carbocycles. The molecule has 0 radical (unpaired) electrons. The van der Waals surface area contributed by atoms with E-state index in [1.807, 2.05) is 0 Å². The van der Waals surface area contributed by atoms with Crippen LogP contribution in [-0.2, 0) is 4.84 Å². The fraction of sp³-hybridized carbons (Fsp3) is 0.200. The van der Waals surface area contributed by atoms with Gasteiger partial charge in [0.25, 0.3) is 0 Å². The molecule has 0 unspecified atom stereocenters. The number of nitrogens with zero attached hydrogens (tertiary/aromatic N) is 1. The summed E-state index contributed by atoms with van der Waals surface area (Å²) in [7, 11) is 0. The normalized spacial score (nSPS) is 10.5. The highest BCUT2D eigenvalue weighted by molar-refractivity contribution is 6.00. The van der Waals surface area contributed by atoms with Crippen molar-refractivity contribution in [2.75, 3.05) is 6.61 Å². The van der Waals surface area contributed by atoms with Crippen LogP contribution in [0.25, 0.3) is 0 Å². The number of carboxylic acids is 1. The van der Waals surface area contributed by atoms with Crippen molar-refractivity contribution in [3.8, 4) is 5.75 Å². The molecule has 0 fully saturated rings. The molecule has 0 saturated heterocycles. The van der Waals surface area contributed by atoms with Crippen molar-refractivity contribution >= 4 is 12.2 Å². The third-order valence-electron chi connectivity index (χ3n) is 1.68. The average Bonchev–Trinajstić information content (AvgIpc) is 2.17. The summed E-state index contributed by atoms with van der Waals surface area (Å²) < 4.78 is 0. The first-order valence-corrected chi connectivity index (χ1v) is 4.37. The van der Waals surface area contributed by atoms with Gasteiger partial charge in [0.2, 0.25) is 0 Å². The molecule has 5 nitrogen and oxygen atoms in total. The number of hydrogen-bond acceptors (Lipinski definition) is 4. The monoisotopic (exact) mass is 209 g/mol. The molecular weight excluding hydrogens is 198 g/mol. The lowest BCUT2D eigenvalue weighted by atomic mass is 10.1. The summed E-state index contributed by atoms with van der Waals surface area (Å²) in [5.41, 5.74) is 0.122. The van der Waals surface area contributed by atoms with Gasteiger partial charge in [0.15, 0.2) is 0 Å². The van der Waals surface area contributed by atoms with Crippen molar-refractivity contribution in [2.24, 2.45) is 5.16 Å². The van der Waals surface area contributed by atoms with Crippen LogP contribution in [0.15, 0.2) is 23.4 Å². The van der Waals surface area contributed by atoms with Gasteiger partial charge in [-0.25, -0.2) is 4.79 Å². The Hall–Kier alpha value is -2.04. The zero-order valence-electron chi connectivity index (χ0n) is 8.17. The van der Waals surface area contributed by atoms with E-state index in [-0.39, 0.29) is 11.3 Å². The van der Waals surface area contributed by atoms with Gasteiger partial charge in [-0.15, -0.1) is 0 Å². The summed E-state index contributed by atoms with van der Waals surface area (Å²) >= 11 is 0. The Morgan fingerprint density at radius 3 is 2.93 bits per heavy atom. The summed E-state index contributed by atoms with van der Waals surface area (Å²) in [6.07, 6.45) is 1.26. The smallest absolute Gasteiger partial charge is 0.340 e. The van der Waals surface area contributed by atoms with Crippen molar-refractivity contribution in [3.63, 3.8) is 0 Å². The topological polar surface area (TPSA) is 79.1 Å². The fourth-order valence-electron chi connectivity index (χ4n) is 1.07. The van der Waals surface area contributed by atoms with Crippen molar-refractivity contribution in [2.45, 2.75) is 6.92 Å². The van der Waals surface area contributed by atoms with Crippen LogP contribution in [0.2, 0.25) is 0 Å². The second kappa shape index (κ2) is 4.99. The van der Waals surface area contributed by atoms with Crippen LogP contribution in [-0.4, -0.2) is 29.0 Å². The lowest BCUT2D eigenvalue weighted by Crippen LogP contribution is -2.02. The molecule has 0 heterocycles. The zero-order valence-corrected chi connectivity index (χ0v) is 8.17. The van der Waals surface area contributed by atoms with E-state index in [0.717, 1.165) is 0 Å². The van der Waals surface area contributed by atoms with Gasteiger partial charge in [0, 0.05) is 5.56 Å². The van der Waals surface area contributed by atoms with Crippen molar-refractivity contribution in [3.05, 3.63) is 29.3 Å². The van der Waals surface area contributed by atoms with Gasteiger partial charge in [-0.3, -0.25) is 0 Å². The second-order valence-corrected chi connectivity index (χ2v) is 2.70. The summed E-state index contributed by atoms with van der Waals surface area (Å²) in [6.45, 7) is 2.16. The highest BCUT2D eigenvalue weighted by Gasteiger charge is 2.13. The average molecular weight is 209 g/mol. The number of hydrogen-bond donors (Lipinski definition) is 2. The fourth-order valence-corrected chi connectivity index (χ4v) is 1.07. The molecule has 15 heavy (non-hydrogen) atoms. The number of aromatic hydroxyl groups is 1. The van der Waals surface area contributed by atoms with Gasteiger partial charge >= 0.3 is 5.97 Å². The molecule has 0 spiro atoms. The van der Waals surface area contributed by atoms with E-state index in [9.17, 15) is 9.90 Å². The van der Waals surface area contributed by atoms with E-state index in [2.05, 4.69) is 5.16 Å². The number of carbonyl (C=O) groups is 1. The van der Waals surface area contributed by atoms with Crippen molar-refractivity contribution < 1.29 is 19.8 Å². The summed E-state index contributed by atoms with van der Waals surface area (Å²) in [5.74, 6) is -1.49. The zero-order chi connectivity index (χ0) is 11.3. The van der Waals surface area contributed by atoms with Gasteiger partial charge in [-0.1, -0.05) is 17.3 Å². The molecule has 0 saturated carbocycles. The Balaban J connectivity index is 3.06. The minimum absolute atomic E-state index is 0.180. The minimum Gasteiger partial charge on any atom is -0.507 e. The Morgan fingerprint density at radius 2 is 2.33 bits per heavy atom. The maximum atomic E-state index is 10.8. The first-order valence-electron chi connectivity index (χ1n) is 4.37. The Kier molecular flexibility index (Phi) is 3.68. The van der Waals surface area contributed by atoms with E-state index in [0.29, 0.717) is 12.2 Å².